The summed E-state index contributed by atoms with van der Waals surface area (Å²) in [7, 11) is -3.33. The van der Waals surface area contributed by atoms with Crippen LogP contribution in [0.2, 0.25) is 0 Å². The summed E-state index contributed by atoms with van der Waals surface area (Å²) in [4.78, 5) is 12.0. The SMILES string of the molecule is CCS(=O)(=O)Nc1ccc(Sc2c(C)c(CCOC(C)=O)c3ccc(F)cn23)cc1. The summed E-state index contributed by atoms with van der Waals surface area (Å²) >= 11 is 1.46. The number of carbonyl (C=O) groups is 1. The number of anilines is 1. The Hall–Kier alpha value is -2.52. The Morgan fingerprint density at radius 2 is 1.90 bits per heavy atom. The number of halogens is 1. The van der Waals surface area contributed by atoms with E-state index in [2.05, 4.69) is 4.72 Å². The molecule has 0 spiro atoms. The Morgan fingerprint density at radius 3 is 2.53 bits per heavy atom. The second-order valence-electron chi connectivity index (χ2n) is 6.73. The largest absolute Gasteiger partial charge is 0.466 e. The van der Waals surface area contributed by atoms with Gasteiger partial charge in [-0.05, 0) is 61.4 Å². The van der Waals surface area contributed by atoms with Crippen molar-refractivity contribution < 1.29 is 22.3 Å². The van der Waals surface area contributed by atoms with Gasteiger partial charge >= 0.3 is 5.97 Å². The molecule has 0 aliphatic rings. The van der Waals surface area contributed by atoms with E-state index in [1.807, 2.05) is 19.1 Å². The van der Waals surface area contributed by atoms with Crippen LogP contribution in [0.15, 0.2) is 52.5 Å². The van der Waals surface area contributed by atoms with Crippen molar-refractivity contribution in [1.29, 1.82) is 0 Å². The number of ether oxygens (including phenoxy) is 1. The Morgan fingerprint density at radius 1 is 1.20 bits per heavy atom. The van der Waals surface area contributed by atoms with Crippen LogP contribution in [-0.4, -0.2) is 31.1 Å². The molecule has 0 atom stereocenters. The highest BCUT2D eigenvalue weighted by atomic mass is 32.2. The molecule has 0 saturated heterocycles. The minimum atomic E-state index is -3.33. The number of sulfonamides is 1. The van der Waals surface area contributed by atoms with Crippen LogP contribution in [0.5, 0.6) is 0 Å². The van der Waals surface area contributed by atoms with Crippen LogP contribution in [0.4, 0.5) is 10.1 Å². The third-order valence-corrected chi connectivity index (χ3v) is 7.10. The van der Waals surface area contributed by atoms with E-state index in [0.29, 0.717) is 12.1 Å². The first kappa shape index (κ1) is 22.2. The van der Waals surface area contributed by atoms with E-state index < -0.39 is 10.0 Å². The van der Waals surface area contributed by atoms with Crippen LogP contribution in [-0.2, 0) is 26.0 Å². The lowest BCUT2D eigenvalue weighted by atomic mass is 10.1. The van der Waals surface area contributed by atoms with Crippen molar-refractivity contribution in [2.24, 2.45) is 0 Å². The van der Waals surface area contributed by atoms with Crippen molar-refractivity contribution in [3.8, 4) is 0 Å². The van der Waals surface area contributed by atoms with Crippen LogP contribution in [0, 0.1) is 12.7 Å². The van der Waals surface area contributed by atoms with Crippen molar-refractivity contribution in [1.82, 2.24) is 4.40 Å². The zero-order chi connectivity index (χ0) is 21.9. The van der Waals surface area contributed by atoms with Gasteiger partial charge in [0.1, 0.15) is 5.82 Å². The smallest absolute Gasteiger partial charge is 0.302 e. The Bertz CT molecular complexity index is 1170. The van der Waals surface area contributed by atoms with Crippen LogP contribution >= 0.6 is 11.8 Å². The molecule has 160 valence electrons. The molecule has 0 amide bonds. The van der Waals surface area contributed by atoms with Gasteiger partial charge in [0.2, 0.25) is 10.0 Å². The van der Waals surface area contributed by atoms with Gasteiger partial charge in [0.25, 0.3) is 0 Å². The highest BCUT2D eigenvalue weighted by Gasteiger charge is 2.17. The summed E-state index contributed by atoms with van der Waals surface area (Å²) in [6.07, 6.45) is 1.96. The molecule has 9 heteroatoms. The van der Waals surface area contributed by atoms with Gasteiger partial charge in [0, 0.05) is 35.6 Å². The normalized spacial score (nSPS) is 11.6. The first-order chi connectivity index (χ1) is 14.2. The average molecular weight is 451 g/mol. The minimum absolute atomic E-state index is 0.000520. The zero-order valence-corrected chi connectivity index (χ0v) is 18.6. The highest BCUT2D eigenvalue weighted by Crippen LogP contribution is 2.36. The van der Waals surface area contributed by atoms with Crippen molar-refractivity contribution in [3.63, 3.8) is 0 Å². The monoisotopic (exact) mass is 450 g/mol. The second-order valence-corrected chi connectivity index (χ2v) is 9.81. The molecular weight excluding hydrogens is 427 g/mol. The lowest BCUT2D eigenvalue weighted by molar-refractivity contribution is -0.140. The number of nitrogens with one attached hydrogen (secondary N) is 1. The quantitative estimate of drug-likeness (QED) is 0.515. The third-order valence-electron chi connectivity index (χ3n) is 4.59. The second kappa shape index (κ2) is 9.09. The number of hydrogen-bond donors (Lipinski definition) is 1. The molecule has 2 aromatic heterocycles. The van der Waals surface area contributed by atoms with Crippen molar-refractivity contribution >= 4 is 39.0 Å². The molecule has 0 unspecified atom stereocenters. The van der Waals surface area contributed by atoms with E-state index in [1.165, 1.54) is 30.9 Å². The fourth-order valence-electron chi connectivity index (χ4n) is 3.08. The summed E-state index contributed by atoms with van der Waals surface area (Å²) in [6, 6.07) is 10.2. The highest BCUT2D eigenvalue weighted by molar-refractivity contribution is 7.99. The number of rotatable bonds is 8. The van der Waals surface area contributed by atoms with E-state index >= 15 is 0 Å². The fraction of sp³-hybridized carbons (Fsp3) is 0.286. The Balaban J connectivity index is 1.91. The topological polar surface area (TPSA) is 76.9 Å². The fourth-order valence-corrected chi connectivity index (χ4v) is 4.74. The molecule has 1 aromatic carbocycles. The Kier molecular flexibility index (Phi) is 6.72. The first-order valence-corrected chi connectivity index (χ1v) is 11.9. The van der Waals surface area contributed by atoms with E-state index in [1.54, 1.807) is 29.5 Å². The van der Waals surface area contributed by atoms with E-state index in [0.717, 1.165) is 26.6 Å². The molecule has 3 aromatic rings. The van der Waals surface area contributed by atoms with E-state index in [4.69, 9.17) is 4.74 Å². The molecule has 0 fully saturated rings. The zero-order valence-electron chi connectivity index (χ0n) is 16.9. The van der Waals surface area contributed by atoms with Crippen molar-refractivity contribution in [3.05, 3.63) is 59.5 Å². The molecule has 0 aliphatic heterocycles. The lowest BCUT2D eigenvalue weighted by Gasteiger charge is -2.08. The Labute approximate surface area is 179 Å². The average Bonchev–Trinajstić information content (AvgIpc) is 2.94. The maximum atomic E-state index is 13.9. The van der Waals surface area contributed by atoms with Gasteiger partial charge in [-0.15, -0.1) is 0 Å². The molecule has 3 rings (SSSR count). The minimum Gasteiger partial charge on any atom is -0.466 e. The van der Waals surface area contributed by atoms with E-state index in [9.17, 15) is 17.6 Å². The summed E-state index contributed by atoms with van der Waals surface area (Å²) in [5, 5.41) is 0.851. The summed E-state index contributed by atoms with van der Waals surface area (Å²) in [6.45, 7) is 5.15. The molecular formula is C21H23FN2O4S2. The summed E-state index contributed by atoms with van der Waals surface area (Å²) in [5.41, 5.74) is 3.32. The van der Waals surface area contributed by atoms with Crippen LogP contribution < -0.4 is 4.72 Å². The number of benzene rings is 1. The predicted octanol–water partition coefficient (Wildman–Crippen LogP) is 4.41. The van der Waals surface area contributed by atoms with Gasteiger partial charge in [-0.2, -0.15) is 0 Å². The number of carbonyl (C=O) groups excluding carboxylic acids is 1. The number of esters is 1. The molecule has 1 N–H and O–H groups in total. The van der Waals surface area contributed by atoms with Crippen LogP contribution in [0.1, 0.15) is 25.0 Å². The standard InChI is InChI=1S/C21H23FN2O4S2/c1-4-30(26,27)23-17-6-8-18(9-7-17)29-21-14(2)19(11-12-28-15(3)25)20-10-5-16(22)13-24(20)21/h5-10,13,23H,4,11-12H2,1-3H3. The predicted molar refractivity (Wildman–Crippen MR) is 116 cm³/mol. The van der Waals surface area contributed by atoms with Gasteiger partial charge in [-0.3, -0.25) is 9.52 Å². The van der Waals surface area contributed by atoms with Crippen molar-refractivity contribution in [2.75, 3.05) is 17.1 Å². The van der Waals surface area contributed by atoms with Crippen LogP contribution in [0.3, 0.4) is 0 Å². The molecule has 30 heavy (non-hydrogen) atoms. The maximum absolute atomic E-state index is 13.9. The van der Waals surface area contributed by atoms with Gasteiger partial charge in [0.15, 0.2) is 0 Å². The third kappa shape index (κ3) is 5.14. The summed E-state index contributed by atoms with van der Waals surface area (Å²) < 4.78 is 46.7. The molecule has 2 heterocycles. The molecule has 6 nitrogen and oxygen atoms in total. The number of nitrogens with zero attached hydrogens (tertiary/aromatic N) is 1. The lowest BCUT2D eigenvalue weighted by Crippen LogP contribution is -2.14. The van der Waals surface area contributed by atoms with Gasteiger partial charge in [-0.1, -0.05) is 11.8 Å². The van der Waals surface area contributed by atoms with Gasteiger partial charge < -0.3 is 9.14 Å². The molecule has 0 bridgehead atoms. The van der Waals surface area contributed by atoms with E-state index in [-0.39, 0.29) is 24.1 Å². The number of pyridine rings is 1. The number of aromatic nitrogens is 1. The van der Waals surface area contributed by atoms with Gasteiger partial charge in [0.05, 0.1) is 17.4 Å². The van der Waals surface area contributed by atoms with Crippen LogP contribution in [0.25, 0.3) is 5.52 Å². The molecule has 0 aliphatic carbocycles. The van der Waals surface area contributed by atoms with Crippen molar-refractivity contribution in [2.45, 2.75) is 37.1 Å². The molecule has 0 radical (unpaired) electrons. The number of fused-ring (bicyclic) bond motifs is 1. The number of hydrogen-bond acceptors (Lipinski definition) is 5. The summed E-state index contributed by atoms with van der Waals surface area (Å²) in [5.74, 6) is -0.689. The molecule has 0 saturated carbocycles. The first-order valence-electron chi connectivity index (χ1n) is 9.41. The maximum Gasteiger partial charge on any atom is 0.302 e. The van der Waals surface area contributed by atoms with Gasteiger partial charge in [-0.25, -0.2) is 12.8 Å².